The highest BCUT2D eigenvalue weighted by molar-refractivity contribution is 8.00. The number of anilines is 1. The number of carbonyl (C=O) groups excluding carboxylic acids is 3. The predicted octanol–water partition coefficient (Wildman–Crippen LogP) is 6.00. The molecule has 1 amide bonds. The molecule has 1 saturated heterocycles. The lowest BCUT2D eigenvalue weighted by atomic mass is 9.93. The van der Waals surface area contributed by atoms with Gasteiger partial charge in [-0.2, -0.15) is 0 Å². The molecule has 1 N–H and O–H groups in total. The number of benzene rings is 3. The van der Waals surface area contributed by atoms with Gasteiger partial charge in [0.1, 0.15) is 11.6 Å². The van der Waals surface area contributed by atoms with Gasteiger partial charge in [-0.3, -0.25) is 14.5 Å². The molecule has 41 heavy (non-hydrogen) atoms. The van der Waals surface area contributed by atoms with E-state index in [4.69, 9.17) is 4.74 Å². The number of aliphatic hydroxyl groups excluding tert-OH is 1. The van der Waals surface area contributed by atoms with Crippen LogP contribution in [0.1, 0.15) is 44.2 Å². The third kappa shape index (κ3) is 5.50. The molecular formula is C30H24FN3O5S2. The summed E-state index contributed by atoms with van der Waals surface area (Å²) in [6.07, 6.45) is 0. The fourth-order valence-corrected chi connectivity index (χ4v) is 6.37. The van der Waals surface area contributed by atoms with Crippen molar-refractivity contribution in [2.75, 3.05) is 12.0 Å². The number of ketones is 1. The smallest absolute Gasteiger partial charge is 0.337 e. The standard InChI is InChI=1S/C30H24FN3O5S2/c1-16-8-9-17(2)21(14-16)25(35)23-24(18-10-12-19(13-11-18)28(38)39-3)34(27(37)26(23)36)29-32-33-30(41-29)40-15-20-6-4-5-7-22(20)31/h4-14,24,35H,15H2,1-3H3. The Morgan fingerprint density at radius 1 is 1.07 bits per heavy atom. The average Bonchev–Trinajstić information content (AvgIpc) is 3.55. The first kappa shape index (κ1) is 28.2. The first-order chi connectivity index (χ1) is 19.7. The minimum Gasteiger partial charge on any atom is -0.507 e. The van der Waals surface area contributed by atoms with Crippen LogP contribution in [0.25, 0.3) is 5.76 Å². The number of carbonyl (C=O) groups is 3. The Kier molecular flexibility index (Phi) is 8.00. The second-order valence-corrected chi connectivity index (χ2v) is 11.5. The largest absolute Gasteiger partial charge is 0.507 e. The fourth-order valence-electron chi connectivity index (χ4n) is 4.51. The number of thioether (sulfide) groups is 1. The summed E-state index contributed by atoms with van der Waals surface area (Å²) in [6.45, 7) is 3.66. The second kappa shape index (κ2) is 11.6. The van der Waals surface area contributed by atoms with E-state index in [0.29, 0.717) is 26.8 Å². The molecule has 1 aliphatic heterocycles. The van der Waals surface area contributed by atoms with Gasteiger partial charge in [0.25, 0.3) is 5.78 Å². The SMILES string of the molecule is COC(=O)c1ccc(C2C(=C(O)c3cc(C)ccc3C)C(=O)C(=O)N2c2nnc(SCc3ccccc3F)s2)cc1. The molecule has 0 aliphatic carbocycles. The van der Waals surface area contributed by atoms with Gasteiger partial charge in [0.15, 0.2) is 4.34 Å². The van der Waals surface area contributed by atoms with Crippen LogP contribution in [-0.4, -0.2) is 40.1 Å². The van der Waals surface area contributed by atoms with Gasteiger partial charge in [-0.25, -0.2) is 9.18 Å². The number of rotatable bonds is 7. The molecule has 8 nitrogen and oxygen atoms in total. The number of hydrogen-bond acceptors (Lipinski definition) is 9. The molecule has 1 aromatic heterocycles. The van der Waals surface area contributed by atoms with Crippen molar-refractivity contribution in [3.63, 3.8) is 0 Å². The number of ether oxygens (including phenoxy) is 1. The highest BCUT2D eigenvalue weighted by atomic mass is 32.2. The summed E-state index contributed by atoms with van der Waals surface area (Å²) in [5.74, 6) is -2.64. The van der Waals surface area contributed by atoms with Crippen LogP contribution < -0.4 is 4.90 Å². The predicted molar refractivity (Wildman–Crippen MR) is 154 cm³/mol. The first-order valence-electron chi connectivity index (χ1n) is 12.5. The monoisotopic (exact) mass is 589 g/mol. The zero-order chi connectivity index (χ0) is 29.3. The Hall–Kier alpha value is -4.35. The van der Waals surface area contributed by atoms with Crippen molar-refractivity contribution in [1.29, 1.82) is 0 Å². The Morgan fingerprint density at radius 2 is 1.80 bits per heavy atom. The zero-order valence-corrected chi connectivity index (χ0v) is 23.9. The summed E-state index contributed by atoms with van der Waals surface area (Å²) in [4.78, 5) is 40.2. The van der Waals surface area contributed by atoms with Gasteiger partial charge in [0.2, 0.25) is 5.13 Å². The summed E-state index contributed by atoms with van der Waals surface area (Å²) in [5, 5.41) is 19.9. The Bertz CT molecular complexity index is 1700. The van der Waals surface area contributed by atoms with Gasteiger partial charge in [0, 0.05) is 11.3 Å². The normalized spacial score (nSPS) is 16.3. The fraction of sp³-hybridized carbons (Fsp3) is 0.167. The highest BCUT2D eigenvalue weighted by Gasteiger charge is 2.48. The van der Waals surface area contributed by atoms with Crippen molar-refractivity contribution in [3.8, 4) is 0 Å². The number of amides is 1. The second-order valence-electron chi connectivity index (χ2n) is 9.33. The molecule has 3 aromatic carbocycles. The maximum Gasteiger partial charge on any atom is 0.337 e. The first-order valence-corrected chi connectivity index (χ1v) is 14.3. The van der Waals surface area contributed by atoms with Crippen LogP contribution in [0.5, 0.6) is 0 Å². The van der Waals surface area contributed by atoms with E-state index in [0.717, 1.165) is 22.5 Å². The van der Waals surface area contributed by atoms with Crippen LogP contribution in [0.3, 0.4) is 0 Å². The van der Waals surface area contributed by atoms with Crippen LogP contribution in [0.15, 0.2) is 76.6 Å². The number of esters is 1. The lowest BCUT2D eigenvalue weighted by molar-refractivity contribution is -0.132. The quantitative estimate of drug-likeness (QED) is 0.0698. The van der Waals surface area contributed by atoms with E-state index < -0.39 is 23.7 Å². The minimum atomic E-state index is -1.04. The number of aromatic nitrogens is 2. The van der Waals surface area contributed by atoms with Gasteiger partial charge in [-0.15, -0.1) is 10.2 Å². The summed E-state index contributed by atoms with van der Waals surface area (Å²) in [5.41, 5.74) is 3.16. The van der Waals surface area contributed by atoms with Crippen LogP contribution >= 0.6 is 23.1 Å². The number of hydrogen-bond donors (Lipinski definition) is 1. The van der Waals surface area contributed by atoms with Gasteiger partial charge >= 0.3 is 11.9 Å². The molecule has 0 bridgehead atoms. The number of aryl methyl sites for hydroxylation is 2. The van der Waals surface area contributed by atoms with Gasteiger partial charge in [-0.05, 0) is 54.8 Å². The Morgan fingerprint density at radius 3 is 2.51 bits per heavy atom. The highest BCUT2D eigenvalue weighted by Crippen LogP contribution is 2.44. The topological polar surface area (TPSA) is 110 Å². The van der Waals surface area contributed by atoms with Gasteiger partial charge in [0.05, 0.1) is 24.3 Å². The summed E-state index contributed by atoms with van der Waals surface area (Å²) < 4.78 is 19.4. The molecule has 0 radical (unpaired) electrons. The van der Waals surface area contributed by atoms with Gasteiger partial charge < -0.3 is 9.84 Å². The Labute approximate surface area is 243 Å². The van der Waals surface area contributed by atoms with Crippen molar-refractivity contribution >= 4 is 51.6 Å². The molecule has 1 fully saturated rings. The van der Waals surface area contributed by atoms with Gasteiger partial charge in [-0.1, -0.05) is 71.1 Å². The van der Waals surface area contributed by atoms with Crippen molar-refractivity contribution in [2.24, 2.45) is 0 Å². The molecule has 2 heterocycles. The van der Waals surface area contributed by atoms with Crippen LogP contribution in [0, 0.1) is 19.7 Å². The molecule has 5 rings (SSSR count). The minimum absolute atomic E-state index is 0.106. The Balaban J connectivity index is 1.58. The lowest BCUT2D eigenvalue weighted by Crippen LogP contribution is -2.29. The maximum absolute atomic E-state index is 14.1. The maximum atomic E-state index is 14.1. The third-order valence-corrected chi connectivity index (χ3v) is 8.76. The number of nitrogens with zero attached hydrogens (tertiary/aromatic N) is 3. The van der Waals surface area contributed by atoms with E-state index in [-0.39, 0.29) is 27.8 Å². The molecule has 0 saturated carbocycles. The lowest BCUT2D eigenvalue weighted by Gasteiger charge is -2.23. The summed E-state index contributed by atoms with van der Waals surface area (Å²) >= 11 is 2.33. The molecular weight excluding hydrogens is 565 g/mol. The average molecular weight is 590 g/mol. The molecule has 0 spiro atoms. The van der Waals surface area contributed by atoms with E-state index in [2.05, 4.69) is 10.2 Å². The molecule has 11 heteroatoms. The van der Waals surface area contributed by atoms with Crippen molar-refractivity contribution in [1.82, 2.24) is 10.2 Å². The van der Waals surface area contributed by atoms with Crippen LogP contribution in [0.4, 0.5) is 9.52 Å². The number of aliphatic hydroxyl groups is 1. The summed E-state index contributed by atoms with van der Waals surface area (Å²) in [6, 6.07) is 17.1. The third-order valence-electron chi connectivity index (χ3n) is 6.65. The van der Waals surface area contributed by atoms with Crippen molar-refractivity contribution in [3.05, 3.63) is 112 Å². The summed E-state index contributed by atoms with van der Waals surface area (Å²) in [7, 11) is 1.27. The molecule has 4 aromatic rings. The zero-order valence-electron chi connectivity index (χ0n) is 22.3. The molecule has 1 aliphatic rings. The molecule has 1 unspecified atom stereocenters. The van der Waals surface area contributed by atoms with Crippen molar-refractivity contribution in [2.45, 2.75) is 30.0 Å². The van der Waals surface area contributed by atoms with Crippen LogP contribution in [-0.2, 0) is 20.1 Å². The van der Waals surface area contributed by atoms with E-state index in [1.807, 2.05) is 19.1 Å². The van der Waals surface area contributed by atoms with Crippen molar-refractivity contribution < 1.29 is 28.6 Å². The number of Topliss-reactive ketones (excluding diaryl/α,β-unsaturated/α-hetero) is 1. The van der Waals surface area contributed by atoms with E-state index in [1.165, 1.54) is 42.0 Å². The van der Waals surface area contributed by atoms with Crippen LogP contribution in [0.2, 0.25) is 0 Å². The van der Waals surface area contributed by atoms with E-state index in [9.17, 15) is 23.9 Å². The van der Waals surface area contributed by atoms with E-state index in [1.54, 1.807) is 43.3 Å². The molecule has 1 atom stereocenters. The number of methoxy groups -OCH3 is 1. The number of halogens is 1. The molecule has 208 valence electrons. The van der Waals surface area contributed by atoms with E-state index >= 15 is 0 Å².